The van der Waals surface area contributed by atoms with Gasteiger partial charge in [0.15, 0.2) is 0 Å². The second-order valence-corrected chi connectivity index (χ2v) is 4.20. The number of carboxylic acid groups (broad SMARTS) is 1. The van der Waals surface area contributed by atoms with Crippen molar-refractivity contribution in [1.29, 1.82) is 0 Å². The van der Waals surface area contributed by atoms with E-state index in [4.69, 9.17) is 9.47 Å². The number of phenols is 1. The third-order valence-corrected chi connectivity index (χ3v) is 3.12. The number of hydrogen-bond acceptors (Lipinski definition) is 5. The largest absolute Gasteiger partial charge is 0.507 e. The summed E-state index contributed by atoms with van der Waals surface area (Å²) in [5.74, 6) is -2.19. The van der Waals surface area contributed by atoms with E-state index >= 15 is 0 Å². The fourth-order valence-electron chi connectivity index (χ4n) is 2.20. The van der Waals surface area contributed by atoms with Gasteiger partial charge >= 0.3 is 11.9 Å². The van der Waals surface area contributed by atoms with Crippen molar-refractivity contribution in [2.45, 2.75) is 19.4 Å². The highest BCUT2D eigenvalue weighted by Crippen LogP contribution is 2.45. The van der Waals surface area contributed by atoms with Gasteiger partial charge in [0.1, 0.15) is 17.1 Å². The maximum absolute atomic E-state index is 11.7. The minimum absolute atomic E-state index is 0.113. The maximum atomic E-state index is 11.7. The van der Waals surface area contributed by atoms with Crippen LogP contribution in [0.3, 0.4) is 0 Å². The van der Waals surface area contributed by atoms with E-state index in [0.29, 0.717) is 11.3 Å². The van der Waals surface area contributed by atoms with Gasteiger partial charge in [0.25, 0.3) is 0 Å². The van der Waals surface area contributed by atoms with E-state index in [1.807, 2.05) is 0 Å². The molecule has 1 heterocycles. The van der Waals surface area contributed by atoms with Gasteiger partial charge in [-0.15, -0.1) is 0 Å². The maximum Gasteiger partial charge on any atom is 0.352 e. The highest BCUT2D eigenvalue weighted by molar-refractivity contribution is 6.03. The third kappa shape index (κ3) is 1.35. The van der Waals surface area contributed by atoms with E-state index in [2.05, 4.69) is 0 Å². The molecule has 2 N–H and O–H groups in total. The van der Waals surface area contributed by atoms with Crippen LogP contribution in [0.25, 0.3) is 0 Å². The molecule has 1 aliphatic rings. The van der Waals surface area contributed by atoms with Gasteiger partial charge in [0.05, 0.1) is 7.11 Å². The molecule has 1 aliphatic heterocycles. The molecule has 18 heavy (non-hydrogen) atoms. The summed E-state index contributed by atoms with van der Waals surface area (Å²) < 4.78 is 9.93. The second-order valence-electron chi connectivity index (χ2n) is 4.20. The Hall–Kier alpha value is -2.24. The van der Waals surface area contributed by atoms with Crippen molar-refractivity contribution < 1.29 is 29.3 Å². The second kappa shape index (κ2) is 3.63. The lowest BCUT2D eigenvalue weighted by atomic mass is 9.89. The fourth-order valence-corrected chi connectivity index (χ4v) is 2.20. The van der Waals surface area contributed by atoms with Crippen LogP contribution in [0.4, 0.5) is 0 Å². The molecule has 0 saturated heterocycles. The van der Waals surface area contributed by atoms with Crippen LogP contribution in [-0.2, 0) is 15.1 Å². The number of carboxylic acids is 1. The summed E-state index contributed by atoms with van der Waals surface area (Å²) in [7, 11) is 1.39. The molecule has 6 heteroatoms. The van der Waals surface area contributed by atoms with Crippen molar-refractivity contribution in [3.63, 3.8) is 0 Å². The number of fused-ring (bicyclic) bond motifs is 1. The van der Waals surface area contributed by atoms with Crippen LogP contribution in [0.1, 0.15) is 28.4 Å². The van der Waals surface area contributed by atoms with E-state index in [1.54, 1.807) is 6.92 Å². The number of phenolic OH excluding ortho intramolecular Hbond substituents is 1. The monoisotopic (exact) mass is 252 g/mol. The van der Waals surface area contributed by atoms with E-state index < -0.39 is 17.5 Å². The third-order valence-electron chi connectivity index (χ3n) is 3.12. The van der Waals surface area contributed by atoms with Crippen LogP contribution < -0.4 is 4.74 Å². The Kier molecular flexibility index (Phi) is 2.46. The minimum atomic E-state index is -1.80. The zero-order valence-corrected chi connectivity index (χ0v) is 10.1. The van der Waals surface area contributed by atoms with Gasteiger partial charge in [0.2, 0.25) is 5.60 Å². The molecular formula is C12H12O6. The predicted octanol–water partition coefficient (Wildman–Crippen LogP) is 1.18. The molecule has 0 bridgehead atoms. The van der Waals surface area contributed by atoms with E-state index in [0.717, 1.165) is 0 Å². The standard InChI is InChI=1S/C12H12O6/c1-5-7(17-3)4-6(13)8-9(5)12(2,11(15)16)18-10(8)14/h4,13H,1-3H3,(H,15,16). The number of aliphatic carboxylic acids is 1. The number of rotatable bonds is 2. The molecule has 1 atom stereocenters. The molecule has 0 amide bonds. The van der Waals surface area contributed by atoms with Gasteiger partial charge in [-0.25, -0.2) is 9.59 Å². The number of carbonyl (C=O) groups is 2. The van der Waals surface area contributed by atoms with Gasteiger partial charge in [0, 0.05) is 11.6 Å². The van der Waals surface area contributed by atoms with Crippen molar-refractivity contribution in [3.8, 4) is 11.5 Å². The highest BCUT2D eigenvalue weighted by atomic mass is 16.6. The minimum Gasteiger partial charge on any atom is -0.507 e. The predicted molar refractivity (Wildman–Crippen MR) is 59.8 cm³/mol. The number of esters is 1. The zero-order chi connectivity index (χ0) is 13.7. The topological polar surface area (TPSA) is 93.1 Å². The number of cyclic esters (lactones) is 1. The van der Waals surface area contributed by atoms with Crippen molar-refractivity contribution in [2.24, 2.45) is 0 Å². The first kappa shape index (κ1) is 12.2. The number of carbonyl (C=O) groups excluding carboxylic acids is 1. The van der Waals surface area contributed by atoms with Gasteiger partial charge in [-0.3, -0.25) is 0 Å². The number of ether oxygens (including phenoxy) is 2. The van der Waals surface area contributed by atoms with Gasteiger partial charge in [-0.2, -0.15) is 0 Å². The van der Waals surface area contributed by atoms with E-state index in [-0.39, 0.29) is 16.9 Å². The summed E-state index contributed by atoms with van der Waals surface area (Å²) in [6.45, 7) is 2.88. The van der Waals surface area contributed by atoms with Crippen molar-refractivity contribution in [1.82, 2.24) is 0 Å². The Morgan fingerprint density at radius 3 is 2.61 bits per heavy atom. The normalized spacial score (nSPS) is 21.4. The van der Waals surface area contributed by atoms with Crippen LogP contribution in [0.2, 0.25) is 0 Å². The molecule has 1 unspecified atom stereocenters. The summed E-state index contributed by atoms with van der Waals surface area (Å²) in [4.78, 5) is 23.0. The van der Waals surface area contributed by atoms with Crippen LogP contribution in [0.5, 0.6) is 11.5 Å². The lowest BCUT2D eigenvalue weighted by molar-refractivity contribution is -0.157. The molecular weight excluding hydrogens is 240 g/mol. The SMILES string of the molecule is COc1cc(O)c2c(c1C)C(C)(C(=O)O)OC2=O. The molecule has 2 rings (SSSR count). The van der Waals surface area contributed by atoms with Crippen LogP contribution in [-0.4, -0.2) is 29.3 Å². The molecule has 0 saturated carbocycles. The smallest absolute Gasteiger partial charge is 0.352 e. The molecule has 0 radical (unpaired) electrons. The van der Waals surface area contributed by atoms with E-state index in [1.165, 1.54) is 20.1 Å². The summed E-state index contributed by atoms with van der Waals surface area (Å²) in [5.41, 5.74) is -1.32. The van der Waals surface area contributed by atoms with Crippen molar-refractivity contribution >= 4 is 11.9 Å². The number of hydrogen-bond donors (Lipinski definition) is 2. The molecule has 0 fully saturated rings. The Balaban J connectivity index is 2.84. The quantitative estimate of drug-likeness (QED) is 0.768. The molecule has 1 aromatic carbocycles. The zero-order valence-electron chi connectivity index (χ0n) is 10.1. The Morgan fingerprint density at radius 1 is 1.50 bits per heavy atom. The number of benzene rings is 1. The summed E-state index contributed by atoms with van der Waals surface area (Å²) in [6.07, 6.45) is 0. The first-order valence-corrected chi connectivity index (χ1v) is 5.20. The Labute approximate surface area is 103 Å². The molecule has 6 nitrogen and oxygen atoms in total. The van der Waals surface area contributed by atoms with Crippen molar-refractivity contribution in [3.05, 3.63) is 22.8 Å². The summed E-state index contributed by atoms with van der Waals surface area (Å²) in [6, 6.07) is 1.27. The first-order chi connectivity index (χ1) is 8.32. The summed E-state index contributed by atoms with van der Waals surface area (Å²) in [5, 5.41) is 19.0. The molecule has 0 aliphatic carbocycles. The molecule has 0 aromatic heterocycles. The van der Waals surface area contributed by atoms with Gasteiger partial charge < -0.3 is 19.7 Å². The lowest BCUT2D eigenvalue weighted by Gasteiger charge is -2.21. The van der Waals surface area contributed by atoms with Gasteiger partial charge in [-0.05, 0) is 19.4 Å². The summed E-state index contributed by atoms with van der Waals surface area (Å²) >= 11 is 0. The first-order valence-electron chi connectivity index (χ1n) is 5.20. The van der Waals surface area contributed by atoms with E-state index in [9.17, 15) is 19.8 Å². The highest BCUT2D eigenvalue weighted by Gasteiger charge is 2.51. The number of methoxy groups -OCH3 is 1. The number of aromatic hydroxyl groups is 1. The van der Waals surface area contributed by atoms with Crippen LogP contribution in [0.15, 0.2) is 6.07 Å². The van der Waals surface area contributed by atoms with Crippen LogP contribution >= 0.6 is 0 Å². The lowest BCUT2D eigenvalue weighted by Crippen LogP contribution is -2.33. The Bertz CT molecular complexity index is 562. The van der Waals surface area contributed by atoms with Gasteiger partial charge in [-0.1, -0.05) is 0 Å². The molecule has 1 aromatic rings. The molecule has 96 valence electrons. The average molecular weight is 252 g/mol. The Morgan fingerprint density at radius 2 is 2.11 bits per heavy atom. The fraction of sp³-hybridized carbons (Fsp3) is 0.333. The molecule has 0 spiro atoms. The van der Waals surface area contributed by atoms with Crippen molar-refractivity contribution in [2.75, 3.05) is 7.11 Å². The average Bonchev–Trinajstić information content (AvgIpc) is 2.57. The van der Waals surface area contributed by atoms with Crippen LogP contribution in [0, 0.1) is 6.92 Å².